The van der Waals surface area contributed by atoms with Crippen LogP contribution in [0.4, 0.5) is 13.2 Å². The van der Waals surface area contributed by atoms with E-state index in [0.29, 0.717) is 11.4 Å². The molecule has 0 aliphatic carbocycles. The fraction of sp³-hybridized carbons (Fsp3) is 0.571. The van der Waals surface area contributed by atoms with Gasteiger partial charge in [-0.3, -0.25) is 0 Å². The monoisotopic (exact) mass is 371 g/mol. The molecule has 1 aromatic carbocycles. The normalized spacial score (nSPS) is 13.5. The second kappa shape index (κ2) is 8.25. The zero-order valence-corrected chi connectivity index (χ0v) is 13.6. The van der Waals surface area contributed by atoms with E-state index in [-0.39, 0.29) is 12.5 Å². The number of rotatable bonds is 7. The Kier molecular flexibility index (Phi) is 7.34. The summed E-state index contributed by atoms with van der Waals surface area (Å²) in [5.41, 5.74) is 0.917. The zero-order chi connectivity index (χ0) is 15.2. The number of hydrogen-bond acceptors (Lipinski definition) is 1. The van der Waals surface area contributed by atoms with E-state index in [1.54, 1.807) is 12.1 Å². The maximum Gasteiger partial charge on any atom is 0.389 e. The Hall–Kier alpha value is -0.260. The summed E-state index contributed by atoms with van der Waals surface area (Å²) in [5, 5.41) is 3.86. The van der Waals surface area contributed by atoms with Crippen LogP contribution in [-0.4, -0.2) is 12.7 Å². The molecule has 0 spiro atoms. The predicted octanol–water partition coefficient (Wildman–Crippen LogP) is 5.88. The van der Waals surface area contributed by atoms with Gasteiger partial charge in [0.2, 0.25) is 0 Å². The van der Waals surface area contributed by atoms with Crippen LogP contribution < -0.4 is 5.32 Å². The molecule has 0 fully saturated rings. The molecule has 0 bridgehead atoms. The van der Waals surface area contributed by atoms with Gasteiger partial charge < -0.3 is 5.32 Å². The molecule has 0 radical (unpaired) electrons. The average molecular weight is 373 g/mol. The molecule has 0 saturated heterocycles. The lowest BCUT2D eigenvalue weighted by molar-refractivity contribution is -0.135. The summed E-state index contributed by atoms with van der Waals surface area (Å²) in [6.45, 7) is 2.79. The van der Waals surface area contributed by atoms with Crippen LogP contribution in [0.5, 0.6) is 0 Å². The first-order chi connectivity index (χ1) is 9.31. The highest BCUT2D eigenvalue weighted by molar-refractivity contribution is 9.10. The van der Waals surface area contributed by atoms with Gasteiger partial charge in [-0.15, -0.1) is 0 Å². The molecule has 0 aliphatic rings. The predicted molar refractivity (Wildman–Crippen MR) is 80.1 cm³/mol. The van der Waals surface area contributed by atoms with Gasteiger partial charge in [0, 0.05) is 22.0 Å². The van der Waals surface area contributed by atoms with Crippen molar-refractivity contribution in [3.05, 3.63) is 33.3 Å². The third kappa shape index (κ3) is 6.95. The minimum Gasteiger partial charge on any atom is -0.310 e. The summed E-state index contributed by atoms with van der Waals surface area (Å²) in [4.78, 5) is 0. The van der Waals surface area contributed by atoms with Gasteiger partial charge in [-0.25, -0.2) is 0 Å². The molecular formula is C14H18BrClF3N. The Labute approximate surface area is 131 Å². The topological polar surface area (TPSA) is 12.0 Å². The van der Waals surface area contributed by atoms with Gasteiger partial charge in [-0.1, -0.05) is 34.5 Å². The van der Waals surface area contributed by atoms with Crippen LogP contribution in [0.25, 0.3) is 0 Å². The minimum absolute atomic E-state index is 0.104. The van der Waals surface area contributed by atoms with E-state index in [9.17, 15) is 13.2 Å². The van der Waals surface area contributed by atoms with Crippen LogP contribution in [0.3, 0.4) is 0 Å². The van der Waals surface area contributed by atoms with Gasteiger partial charge in [0.25, 0.3) is 0 Å². The van der Waals surface area contributed by atoms with E-state index in [1.807, 2.05) is 13.0 Å². The second-order valence-corrected chi connectivity index (χ2v) is 6.07. The van der Waals surface area contributed by atoms with Crippen molar-refractivity contribution < 1.29 is 13.2 Å². The summed E-state index contributed by atoms with van der Waals surface area (Å²) in [6.07, 6.45) is -3.37. The van der Waals surface area contributed by atoms with Gasteiger partial charge in [-0.2, -0.15) is 13.2 Å². The molecule has 114 valence electrons. The first-order valence-electron chi connectivity index (χ1n) is 6.58. The molecule has 0 aromatic heterocycles. The molecule has 0 amide bonds. The van der Waals surface area contributed by atoms with Gasteiger partial charge >= 0.3 is 6.18 Å². The van der Waals surface area contributed by atoms with Gasteiger partial charge in [0.1, 0.15) is 0 Å². The van der Waals surface area contributed by atoms with Crippen molar-refractivity contribution in [1.29, 1.82) is 0 Å². The molecule has 1 unspecified atom stereocenters. The summed E-state index contributed by atoms with van der Waals surface area (Å²) >= 11 is 9.35. The Morgan fingerprint density at radius 1 is 1.30 bits per heavy atom. The second-order valence-electron chi connectivity index (χ2n) is 4.72. The number of alkyl halides is 3. The third-order valence-corrected chi connectivity index (χ3v) is 3.56. The van der Waals surface area contributed by atoms with Crippen molar-refractivity contribution in [3.63, 3.8) is 0 Å². The maximum absolute atomic E-state index is 12.2. The van der Waals surface area contributed by atoms with Gasteiger partial charge in [0.15, 0.2) is 0 Å². The van der Waals surface area contributed by atoms with E-state index < -0.39 is 12.6 Å². The largest absolute Gasteiger partial charge is 0.389 e. The van der Waals surface area contributed by atoms with Crippen molar-refractivity contribution in [2.45, 2.75) is 44.8 Å². The summed E-state index contributed by atoms with van der Waals surface area (Å²) in [6, 6.07) is 5.35. The number of hydrogen-bond donors (Lipinski definition) is 1. The highest BCUT2D eigenvalue weighted by Gasteiger charge is 2.27. The smallest absolute Gasteiger partial charge is 0.310 e. The van der Waals surface area contributed by atoms with Crippen LogP contribution >= 0.6 is 27.5 Å². The molecule has 1 N–H and O–H groups in total. The van der Waals surface area contributed by atoms with Gasteiger partial charge in [-0.05, 0) is 49.6 Å². The quantitative estimate of drug-likeness (QED) is 0.630. The third-order valence-electron chi connectivity index (χ3n) is 2.88. The molecule has 0 heterocycles. The molecule has 1 atom stereocenters. The van der Waals surface area contributed by atoms with E-state index in [2.05, 4.69) is 21.2 Å². The molecule has 1 nitrogen and oxygen atoms in total. The van der Waals surface area contributed by atoms with Crippen LogP contribution in [0, 0.1) is 0 Å². The maximum atomic E-state index is 12.2. The number of benzene rings is 1. The Morgan fingerprint density at radius 2 is 2.00 bits per heavy atom. The van der Waals surface area contributed by atoms with E-state index >= 15 is 0 Å². The van der Waals surface area contributed by atoms with Crippen LogP contribution in [0.2, 0.25) is 5.02 Å². The number of halogens is 5. The van der Waals surface area contributed by atoms with Crippen molar-refractivity contribution in [2.75, 3.05) is 6.54 Å². The van der Waals surface area contributed by atoms with Crippen molar-refractivity contribution >= 4 is 27.5 Å². The molecule has 1 rings (SSSR count). The molecular weight excluding hydrogens is 355 g/mol. The SMILES string of the molecule is CCCNC(CCCC(F)(F)F)c1cc(Cl)cc(Br)c1. The Morgan fingerprint density at radius 3 is 2.55 bits per heavy atom. The fourth-order valence-electron chi connectivity index (χ4n) is 1.99. The summed E-state index contributed by atoms with van der Waals surface area (Å²) in [7, 11) is 0. The minimum atomic E-state index is -4.09. The average Bonchev–Trinajstić information content (AvgIpc) is 2.30. The van der Waals surface area contributed by atoms with Gasteiger partial charge in [0.05, 0.1) is 0 Å². The molecule has 6 heteroatoms. The highest BCUT2D eigenvalue weighted by Crippen LogP contribution is 2.29. The lowest BCUT2D eigenvalue weighted by Gasteiger charge is -2.20. The van der Waals surface area contributed by atoms with E-state index in [1.165, 1.54) is 0 Å². The standard InChI is InChI=1S/C14H18BrClF3N/c1-2-6-20-13(4-3-5-14(17,18)19)10-7-11(15)9-12(16)8-10/h7-9,13,20H,2-6H2,1H3. The highest BCUT2D eigenvalue weighted by atomic mass is 79.9. The fourth-order valence-corrected chi connectivity index (χ4v) is 2.87. The molecule has 0 aliphatic heterocycles. The van der Waals surface area contributed by atoms with Crippen molar-refractivity contribution in [3.8, 4) is 0 Å². The van der Waals surface area contributed by atoms with Crippen molar-refractivity contribution in [2.24, 2.45) is 0 Å². The van der Waals surface area contributed by atoms with E-state index in [0.717, 1.165) is 23.0 Å². The lowest BCUT2D eigenvalue weighted by Crippen LogP contribution is -2.22. The molecule has 20 heavy (non-hydrogen) atoms. The first kappa shape index (κ1) is 17.8. The van der Waals surface area contributed by atoms with E-state index in [4.69, 9.17) is 11.6 Å². The summed E-state index contributed by atoms with van der Waals surface area (Å²) < 4.78 is 37.6. The molecule has 0 saturated carbocycles. The van der Waals surface area contributed by atoms with Crippen LogP contribution in [-0.2, 0) is 0 Å². The number of nitrogens with one attached hydrogen (secondary N) is 1. The summed E-state index contributed by atoms with van der Waals surface area (Å²) in [5.74, 6) is 0. The zero-order valence-electron chi connectivity index (χ0n) is 11.2. The molecule has 1 aromatic rings. The first-order valence-corrected chi connectivity index (χ1v) is 7.75. The van der Waals surface area contributed by atoms with Crippen LogP contribution in [0.1, 0.15) is 44.2 Å². The van der Waals surface area contributed by atoms with Crippen LogP contribution in [0.15, 0.2) is 22.7 Å². The lowest BCUT2D eigenvalue weighted by atomic mass is 10.0. The Bertz CT molecular complexity index is 403. The van der Waals surface area contributed by atoms with Crippen molar-refractivity contribution in [1.82, 2.24) is 5.32 Å². The Balaban J connectivity index is 2.72.